The molecular formula is C23H17N3O. The Morgan fingerprint density at radius 1 is 0.852 bits per heavy atom. The van der Waals surface area contributed by atoms with Crippen LogP contribution in [-0.4, -0.2) is 21.5 Å². The van der Waals surface area contributed by atoms with Crippen LogP contribution in [0.5, 0.6) is 5.75 Å². The van der Waals surface area contributed by atoms with Gasteiger partial charge >= 0.3 is 0 Å². The van der Waals surface area contributed by atoms with Gasteiger partial charge in [0.15, 0.2) is 0 Å². The molecule has 0 bridgehead atoms. The molecule has 130 valence electrons. The lowest BCUT2D eigenvalue weighted by atomic mass is 9.97. The molecule has 4 nitrogen and oxygen atoms in total. The van der Waals surface area contributed by atoms with Crippen LogP contribution in [0.3, 0.4) is 0 Å². The largest absolute Gasteiger partial charge is 0.496 e. The first-order chi connectivity index (χ1) is 13.4. The van der Waals surface area contributed by atoms with Crippen LogP contribution in [0.2, 0.25) is 0 Å². The summed E-state index contributed by atoms with van der Waals surface area (Å²) in [5, 5.41) is 2.28. The SMILES string of the molecule is COc1ccc2ccccc2c1-c1c(-c2ccccc2)nc2ncccn12. The van der Waals surface area contributed by atoms with E-state index >= 15 is 0 Å². The van der Waals surface area contributed by atoms with E-state index in [9.17, 15) is 0 Å². The summed E-state index contributed by atoms with van der Waals surface area (Å²) < 4.78 is 7.79. The van der Waals surface area contributed by atoms with Crippen molar-refractivity contribution in [2.45, 2.75) is 0 Å². The lowest BCUT2D eigenvalue weighted by Gasteiger charge is -2.14. The lowest BCUT2D eigenvalue weighted by molar-refractivity contribution is 0.417. The summed E-state index contributed by atoms with van der Waals surface area (Å²) >= 11 is 0. The molecule has 2 heterocycles. The maximum Gasteiger partial charge on any atom is 0.234 e. The highest BCUT2D eigenvalue weighted by atomic mass is 16.5. The summed E-state index contributed by atoms with van der Waals surface area (Å²) in [7, 11) is 1.71. The Kier molecular flexibility index (Phi) is 3.61. The zero-order chi connectivity index (χ0) is 18.2. The van der Waals surface area contributed by atoms with Crippen molar-refractivity contribution in [2.24, 2.45) is 0 Å². The molecule has 0 saturated heterocycles. The second-order valence-corrected chi connectivity index (χ2v) is 6.33. The molecule has 0 fully saturated rings. The molecule has 0 aliphatic carbocycles. The van der Waals surface area contributed by atoms with Gasteiger partial charge in [-0.15, -0.1) is 0 Å². The summed E-state index contributed by atoms with van der Waals surface area (Å²) in [6, 6.07) is 24.6. The second kappa shape index (κ2) is 6.25. The Labute approximate surface area is 156 Å². The Bertz CT molecular complexity index is 1260. The smallest absolute Gasteiger partial charge is 0.234 e. The van der Waals surface area contributed by atoms with Crippen molar-refractivity contribution in [3.05, 3.63) is 85.2 Å². The third kappa shape index (κ3) is 2.46. The van der Waals surface area contributed by atoms with Gasteiger partial charge in [-0.3, -0.25) is 4.40 Å². The zero-order valence-corrected chi connectivity index (χ0v) is 14.8. The number of fused-ring (bicyclic) bond motifs is 2. The molecule has 3 aromatic carbocycles. The van der Waals surface area contributed by atoms with Crippen molar-refractivity contribution >= 4 is 16.6 Å². The van der Waals surface area contributed by atoms with Crippen molar-refractivity contribution in [1.82, 2.24) is 14.4 Å². The van der Waals surface area contributed by atoms with Crippen LogP contribution in [0, 0.1) is 0 Å². The number of benzene rings is 3. The van der Waals surface area contributed by atoms with Crippen LogP contribution in [0.15, 0.2) is 85.2 Å². The van der Waals surface area contributed by atoms with E-state index in [1.165, 1.54) is 0 Å². The molecular weight excluding hydrogens is 334 g/mol. The standard InChI is InChI=1S/C23H17N3O/c1-27-19-13-12-16-8-5-6-11-18(16)20(19)22-21(17-9-3-2-4-10-17)25-23-24-14-7-15-26(22)23/h2-15H,1H3. The van der Waals surface area contributed by atoms with Crippen LogP contribution >= 0.6 is 0 Å². The minimum absolute atomic E-state index is 0.668. The molecule has 0 aliphatic rings. The number of hydrogen-bond acceptors (Lipinski definition) is 3. The van der Waals surface area contributed by atoms with E-state index in [2.05, 4.69) is 41.4 Å². The maximum absolute atomic E-state index is 5.76. The number of hydrogen-bond donors (Lipinski definition) is 0. The number of methoxy groups -OCH3 is 1. The molecule has 0 saturated carbocycles. The summed E-state index contributed by atoms with van der Waals surface area (Å²) in [6.45, 7) is 0. The fourth-order valence-corrected chi connectivity index (χ4v) is 3.59. The van der Waals surface area contributed by atoms with E-state index in [4.69, 9.17) is 9.72 Å². The molecule has 0 atom stereocenters. The molecule has 4 heteroatoms. The van der Waals surface area contributed by atoms with Crippen molar-refractivity contribution in [2.75, 3.05) is 7.11 Å². The minimum atomic E-state index is 0.668. The van der Waals surface area contributed by atoms with Gasteiger partial charge in [-0.2, -0.15) is 0 Å². The highest BCUT2D eigenvalue weighted by Crippen LogP contribution is 2.41. The van der Waals surface area contributed by atoms with Crippen molar-refractivity contribution in [1.29, 1.82) is 0 Å². The van der Waals surface area contributed by atoms with Gasteiger partial charge in [-0.25, -0.2) is 9.97 Å². The molecule has 0 aliphatic heterocycles. The summed E-state index contributed by atoms with van der Waals surface area (Å²) in [6.07, 6.45) is 3.76. The molecule has 27 heavy (non-hydrogen) atoms. The third-order valence-electron chi connectivity index (χ3n) is 4.80. The fourth-order valence-electron chi connectivity index (χ4n) is 3.59. The molecule has 5 rings (SSSR count). The Morgan fingerprint density at radius 3 is 2.52 bits per heavy atom. The number of aromatic nitrogens is 3. The highest BCUT2D eigenvalue weighted by molar-refractivity contribution is 6.02. The van der Waals surface area contributed by atoms with Crippen LogP contribution in [0.4, 0.5) is 0 Å². The number of ether oxygens (including phenoxy) is 1. The van der Waals surface area contributed by atoms with Crippen LogP contribution in [0.25, 0.3) is 39.1 Å². The van der Waals surface area contributed by atoms with Gasteiger partial charge in [0.05, 0.1) is 24.1 Å². The van der Waals surface area contributed by atoms with Crippen molar-refractivity contribution in [3.8, 4) is 28.3 Å². The predicted molar refractivity (Wildman–Crippen MR) is 108 cm³/mol. The van der Waals surface area contributed by atoms with Gasteiger partial charge in [-0.1, -0.05) is 60.7 Å². The van der Waals surface area contributed by atoms with Crippen LogP contribution in [-0.2, 0) is 0 Å². The second-order valence-electron chi connectivity index (χ2n) is 6.33. The Hall–Kier alpha value is -3.66. The summed E-state index contributed by atoms with van der Waals surface area (Å²) in [5.41, 5.74) is 3.95. The fraction of sp³-hybridized carbons (Fsp3) is 0.0435. The van der Waals surface area contributed by atoms with Gasteiger partial charge in [0, 0.05) is 18.0 Å². The number of rotatable bonds is 3. The zero-order valence-electron chi connectivity index (χ0n) is 14.8. The first kappa shape index (κ1) is 15.6. The summed E-state index contributed by atoms with van der Waals surface area (Å²) in [4.78, 5) is 9.30. The van der Waals surface area contributed by atoms with Crippen molar-refractivity contribution < 1.29 is 4.74 Å². The maximum atomic E-state index is 5.76. The van der Waals surface area contributed by atoms with Gasteiger partial charge in [0.2, 0.25) is 5.78 Å². The average Bonchev–Trinajstić information content (AvgIpc) is 3.12. The van der Waals surface area contributed by atoms with E-state index in [1.54, 1.807) is 13.3 Å². The minimum Gasteiger partial charge on any atom is -0.496 e. The number of nitrogens with zero attached hydrogens (tertiary/aromatic N) is 3. The van der Waals surface area contributed by atoms with Crippen LogP contribution in [0.1, 0.15) is 0 Å². The Balaban J connectivity index is 1.96. The van der Waals surface area contributed by atoms with Gasteiger partial charge in [0.25, 0.3) is 0 Å². The average molecular weight is 351 g/mol. The molecule has 0 radical (unpaired) electrons. The molecule has 5 aromatic rings. The Morgan fingerprint density at radius 2 is 1.67 bits per heavy atom. The first-order valence-corrected chi connectivity index (χ1v) is 8.81. The van der Waals surface area contributed by atoms with Crippen LogP contribution < -0.4 is 4.74 Å². The lowest BCUT2D eigenvalue weighted by Crippen LogP contribution is -1.95. The molecule has 0 amide bonds. The van der Waals surface area contributed by atoms with Crippen molar-refractivity contribution in [3.63, 3.8) is 0 Å². The highest BCUT2D eigenvalue weighted by Gasteiger charge is 2.21. The summed E-state index contributed by atoms with van der Waals surface area (Å²) in [5.74, 6) is 1.48. The monoisotopic (exact) mass is 351 g/mol. The van der Waals surface area contributed by atoms with Gasteiger partial charge < -0.3 is 4.74 Å². The molecule has 0 N–H and O–H groups in total. The molecule has 2 aromatic heterocycles. The first-order valence-electron chi connectivity index (χ1n) is 8.81. The molecule has 0 spiro atoms. The van der Waals surface area contributed by atoms with E-state index in [1.807, 2.05) is 47.0 Å². The van der Waals surface area contributed by atoms with Gasteiger partial charge in [-0.05, 0) is 22.9 Å². The van der Waals surface area contributed by atoms with E-state index in [0.717, 1.165) is 39.0 Å². The predicted octanol–water partition coefficient (Wildman–Crippen LogP) is 5.23. The van der Waals surface area contributed by atoms with E-state index < -0.39 is 0 Å². The quantitative estimate of drug-likeness (QED) is 0.447. The number of imidazole rings is 1. The normalized spacial score (nSPS) is 11.1. The topological polar surface area (TPSA) is 39.4 Å². The third-order valence-corrected chi connectivity index (χ3v) is 4.80. The van der Waals surface area contributed by atoms with E-state index in [-0.39, 0.29) is 0 Å². The van der Waals surface area contributed by atoms with Gasteiger partial charge in [0.1, 0.15) is 5.75 Å². The van der Waals surface area contributed by atoms with E-state index in [0.29, 0.717) is 5.78 Å². The molecule has 0 unspecified atom stereocenters.